The van der Waals surface area contributed by atoms with Crippen LogP contribution in [0.4, 0.5) is 5.82 Å². The third kappa shape index (κ3) is 5.61. The maximum absolute atomic E-state index is 13.1. The lowest BCUT2D eigenvalue weighted by Gasteiger charge is -2.15. The topological polar surface area (TPSA) is 138 Å². The number of aryl methyl sites for hydroxylation is 1. The fourth-order valence-electron chi connectivity index (χ4n) is 3.89. The van der Waals surface area contributed by atoms with Gasteiger partial charge in [0, 0.05) is 24.1 Å². The first kappa shape index (κ1) is 22.2. The van der Waals surface area contributed by atoms with Gasteiger partial charge in [-0.25, -0.2) is 19.3 Å². The molecular weight excluding hydrogens is 430 g/mol. The summed E-state index contributed by atoms with van der Waals surface area (Å²) in [4.78, 5) is 25.9. The van der Waals surface area contributed by atoms with Gasteiger partial charge in [0.15, 0.2) is 0 Å². The number of carbonyl (C=O) groups is 1. The number of rotatable bonds is 9. The molecule has 3 unspecified atom stereocenters. The first-order valence-corrected chi connectivity index (χ1v) is 11.5. The first-order valence-electron chi connectivity index (χ1n) is 10.3. The molecule has 1 fully saturated rings. The number of carbonyl (C=O) groups excluding carboxylic acids is 1. The smallest absolute Gasteiger partial charge is 0.231 e. The lowest BCUT2D eigenvalue weighted by atomic mass is 10.1. The van der Waals surface area contributed by atoms with E-state index in [-0.39, 0.29) is 17.7 Å². The van der Waals surface area contributed by atoms with Crippen LogP contribution in [0.5, 0.6) is 0 Å². The molecule has 1 saturated carbocycles. The van der Waals surface area contributed by atoms with Gasteiger partial charge in [0.1, 0.15) is 17.8 Å². The van der Waals surface area contributed by atoms with E-state index in [1.165, 1.54) is 12.5 Å². The predicted octanol–water partition coefficient (Wildman–Crippen LogP) is 1.79. The number of ketones is 1. The van der Waals surface area contributed by atoms with Gasteiger partial charge in [-0.1, -0.05) is 6.07 Å². The Bertz CT molecular complexity index is 1120. The Morgan fingerprint density at radius 3 is 3.03 bits per heavy atom. The first-order chi connectivity index (χ1) is 15.5. The van der Waals surface area contributed by atoms with E-state index in [0.717, 1.165) is 30.7 Å². The van der Waals surface area contributed by atoms with Crippen molar-refractivity contribution < 1.29 is 13.2 Å². The number of aromatic nitrogens is 5. The highest BCUT2D eigenvalue weighted by molar-refractivity contribution is 7.77. The Kier molecular flexibility index (Phi) is 6.98. The van der Waals surface area contributed by atoms with Crippen molar-refractivity contribution in [3.8, 4) is 0 Å². The van der Waals surface area contributed by atoms with Crippen molar-refractivity contribution in [1.82, 2.24) is 24.7 Å². The lowest BCUT2D eigenvalue weighted by molar-refractivity contribution is 0.103. The molecule has 0 aliphatic heterocycles. The molecule has 168 valence electrons. The quantitative estimate of drug-likeness (QED) is 0.466. The molecule has 3 atom stereocenters. The van der Waals surface area contributed by atoms with Crippen LogP contribution < -0.4 is 10.5 Å². The SMILES string of the molecule is Cc1cccc(Cn2ccc(C(=O)c3cncnc3NC3CCC(COS(N)=O)C3)n2)n1. The fourth-order valence-corrected chi connectivity index (χ4v) is 4.21. The zero-order chi connectivity index (χ0) is 22.5. The summed E-state index contributed by atoms with van der Waals surface area (Å²) in [6.07, 6.45) is 7.30. The van der Waals surface area contributed by atoms with E-state index in [1.807, 2.05) is 25.1 Å². The van der Waals surface area contributed by atoms with Gasteiger partial charge < -0.3 is 5.32 Å². The van der Waals surface area contributed by atoms with Crippen molar-refractivity contribution in [2.75, 3.05) is 11.9 Å². The second-order valence-electron chi connectivity index (χ2n) is 7.85. The van der Waals surface area contributed by atoms with Gasteiger partial charge in [-0.3, -0.25) is 18.6 Å². The van der Waals surface area contributed by atoms with Gasteiger partial charge in [-0.2, -0.15) is 5.10 Å². The van der Waals surface area contributed by atoms with Crippen LogP contribution in [0.15, 0.2) is 43.0 Å². The van der Waals surface area contributed by atoms with Crippen molar-refractivity contribution in [2.45, 2.75) is 38.8 Å². The third-order valence-electron chi connectivity index (χ3n) is 5.40. The second-order valence-corrected chi connectivity index (χ2v) is 8.61. The van der Waals surface area contributed by atoms with Gasteiger partial charge in [-0.15, -0.1) is 0 Å². The Morgan fingerprint density at radius 1 is 1.34 bits per heavy atom. The molecule has 3 heterocycles. The number of hydrogen-bond acceptors (Lipinski definition) is 8. The number of nitrogens with two attached hydrogens (primary N) is 1. The van der Waals surface area contributed by atoms with E-state index >= 15 is 0 Å². The Balaban J connectivity index is 1.43. The molecule has 11 heteroatoms. The zero-order valence-corrected chi connectivity index (χ0v) is 18.5. The number of nitrogens with zero attached hydrogens (tertiary/aromatic N) is 5. The summed E-state index contributed by atoms with van der Waals surface area (Å²) in [6.45, 7) is 2.76. The summed E-state index contributed by atoms with van der Waals surface area (Å²) in [5, 5.41) is 12.9. The Hall–Kier alpha value is -3.02. The molecule has 3 aromatic heterocycles. The molecular formula is C21H25N7O3S. The van der Waals surface area contributed by atoms with Gasteiger partial charge in [0.2, 0.25) is 17.0 Å². The van der Waals surface area contributed by atoms with Gasteiger partial charge >= 0.3 is 0 Å². The summed E-state index contributed by atoms with van der Waals surface area (Å²) in [6, 6.07) is 7.62. The van der Waals surface area contributed by atoms with Crippen LogP contribution in [0.2, 0.25) is 0 Å². The minimum atomic E-state index is -1.75. The van der Waals surface area contributed by atoms with Gasteiger partial charge in [0.25, 0.3) is 0 Å². The summed E-state index contributed by atoms with van der Waals surface area (Å²) in [5.74, 6) is 0.487. The van der Waals surface area contributed by atoms with E-state index < -0.39 is 11.3 Å². The van der Waals surface area contributed by atoms with Crippen LogP contribution in [-0.4, -0.2) is 47.4 Å². The van der Waals surface area contributed by atoms with Crippen molar-refractivity contribution >= 4 is 22.9 Å². The van der Waals surface area contributed by atoms with Crippen LogP contribution in [0, 0.1) is 12.8 Å². The van der Waals surface area contributed by atoms with Crippen LogP contribution >= 0.6 is 0 Å². The number of anilines is 1. The number of pyridine rings is 1. The van der Waals surface area contributed by atoms with Crippen LogP contribution in [0.25, 0.3) is 0 Å². The predicted molar refractivity (Wildman–Crippen MR) is 119 cm³/mol. The molecule has 10 nitrogen and oxygen atoms in total. The lowest BCUT2D eigenvalue weighted by Crippen LogP contribution is -2.21. The summed E-state index contributed by atoms with van der Waals surface area (Å²) < 4.78 is 17.6. The molecule has 0 spiro atoms. The Morgan fingerprint density at radius 2 is 2.22 bits per heavy atom. The molecule has 0 saturated heterocycles. The average Bonchev–Trinajstić information content (AvgIpc) is 3.42. The van der Waals surface area contributed by atoms with Crippen LogP contribution in [-0.2, 0) is 22.0 Å². The summed E-state index contributed by atoms with van der Waals surface area (Å²) in [7, 11) is 0. The van der Waals surface area contributed by atoms with E-state index in [0.29, 0.717) is 30.2 Å². The highest BCUT2D eigenvalue weighted by atomic mass is 32.2. The highest BCUT2D eigenvalue weighted by Crippen LogP contribution is 2.29. The van der Waals surface area contributed by atoms with Crippen LogP contribution in [0.3, 0.4) is 0 Å². The summed E-state index contributed by atoms with van der Waals surface area (Å²) >= 11 is -1.75. The molecule has 1 aliphatic carbocycles. The van der Waals surface area contributed by atoms with Crippen molar-refractivity contribution in [3.63, 3.8) is 0 Å². The minimum absolute atomic E-state index is 0.126. The summed E-state index contributed by atoms with van der Waals surface area (Å²) in [5.41, 5.74) is 2.49. The van der Waals surface area contributed by atoms with E-state index in [9.17, 15) is 9.00 Å². The Labute approximate surface area is 188 Å². The molecule has 0 bridgehead atoms. The molecule has 4 rings (SSSR count). The maximum Gasteiger partial charge on any atom is 0.231 e. The van der Waals surface area contributed by atoms with Crippen LogP contribution in [0.1, 0.15) is 46.7 Å². The molecule has 3 aromatic rings. The normalized spacial score (nSPS) is 19.1. The minimum Gasteiger partial charge on any atom is -0.367 e. The monoisotopic (exact) mass is 455 g/mol. The molecule has 0 amide bonds. The largest absolute Gasteiger partial charge is 0.367 e. The average molecular weight is 456 g/mol. The third-order valence-corrected chi connectivity index (χ3v) is 5.77. The maximum atomic E-state index is 13.1. The molecule has 32 heavy (non-hydrogen) atoms. The number of nitrogens with one attached hydrogen (secondary N) is 1. The highest BCUT2D eigenvalue weighted by Gasteiger charge is 2.27. The van der Waals surface area contributed by atoms with E-state index in [1.54, 1.807) is 16.9 Å². The van der Waals surface area contributed by atoms with E-state index in [2.05, 4.69) is 25.4 Å². The van der Waals surface area contributed by atoms with Gasteiger partial charge in [0.05, 0.1) is 24.4 Å². The second kappa shape index (κ2) is 10.1. The van der Waals surface area contributed by atoms with E-state index in [4.69, 9.17) is 9.32 Å². The zero-order valence-electron chi connectivity index (χ0n) is 17.7. The molecule has 0 aromatic carbocycles. The van der Waals surface area contributed by atoms with Crippen molar-refractivity contribution in [1.29, 1.82) is 0 Å². The van der Waals surface area contributed by atoms with Gasteiger partial charge in [-0.05, 0) is 50.3 Å². The molecule has 0 radical (unpaired) electrons. The molecule has 1 aliphatic rings. The fraction of sp³-hybridized carbons (Fsp3) is 0.381. The van der Waals surface area contributed by atoms with Crippen molar-refractivity contribution in [2.24, 2.45) is 11.1 Å². The molecule has 3 N–H and O–H groups in total. The van der Waals surface area contributed by atoms with Crippen molar-refractivity contribution in [3.05, 3.63) is 65.6 Å². The number of hydrogen-bond donors (Lipinski definition) is 2. The standard InChI is InChI=1S/C21H25N7O3S/c1-14-3-2-4-17(25-14)11-28-8-7-19(27-28)20(29)18-10-23-13-24-21(18)26-16-6-5-15(9-16)12-31-32(22)30/h2-4,7-8,10,13,15-16H,5-6,9,11-12,22H2,1H3,(H,23,24,26).